The van der Waals surface area contributed by atoms with Gasteiger partial charge in [0.05, 0.1) is 7.11 Å². The van der Waals surface area contributed by atoms with E-state index in [1.54, 1.807) is 7.11 Å². The number of nitrogens with one attached hydrogen (secondary N) is 1. The van der Waals surface area contributed by atoms with Gasteiger partial charge in [-0.15, -0.1) is 0 Å². The first kappa shape index (κ1) is 15.6. The van der Waals surface area contributed by atoms with Gasteiger partial charge in [-0.25, -0.2) is 4.98 Å². The van der Waals surface area contributed by atoms with Crippen molar-refractivity contribution in [1.82, 2.24) is 9.88 Å². The average Bonchev–Trinajstić information content (AvgIpc) is 2.45. The molecule has 1 aromatic carbocycles. The maximum absolute atomic E-state index is 5.41. The number of anilines is 1. The van der Waals surface area contributed by atoms with Crippen molar-refractivity contribution in [2.45, 2.75) is 19.8 Å². The fourth-order valence-electron chi connectivity index (χ4n) is 2.44. The molecule has 0 aliphatic carbocycles. The summed E-state index contributed by atoms with van der Waals surface area (Å²) >= 11 is 0. The number of para-hydroxylation sites is 1. The van der Waals surface area contributed by atoms with Crippen LogP contribution in [0.25, 0.3) is 10.9 Å². The normalized spacial score (nSPS) is 11.1. The molecule has 0 saturated carbocycles. The van der Waals surface area contributed by atoms with Crippen LogP contribution in [0.3, 0.4) is 0 Å². The first-order valence-corrected chi connectivity index (χ1v) is 7.45. The van der Waals surface area contributed by atoms with E-state index in [9.17, 15) is 0 Å². The van der Waals surface area contributed by atoms with Gasteiger partial charge in [0.2, 0.25) is 0 Å². The number of methoxy groups -OCH3 is 1. The summed E-state index contributed by atoms with van der Waals surface area (Å²) in [5.41, 5.74) is 3.07. The molecule has 1 N–H and O–H groups in total. The Bertz CT molecular complexity index is 596. The molecule has 0 amide bonds. The fourth-order valence-corrected chi connectivity index (χ4v) is 2.44. The SMILES string of the molecule is COc1cccc2c(NCCCCN(C)C)cc(C)nc12. The molecule has 21 heavy (non-hydrogen) atoms. The second-order valence-electron chi connectivity index (χ2n) is 5.60. The number of pyridine rings is 1. The number of unbranched alkanes of at least 4 members (excludes halogenated alkanes) is 1. The van der Waals surface area contributed by atoms with E-state index in [-0.39, 0.29) is 0 Å². The number of benzene rings is 1. The lowest BCUT2D eigenvalue weighted by Crippen LogP contribution is -2.14. The Morgan fingerprint density at radius 1 is 1.24 bits per heavy atom. The number of aryl methyl sites for hydroxylation is 1. The van der Waals surface area contributed by atoms with Crippen molar-refractivity contribution in [3.63, 3.8) is 0 Å². The smallest absolute Gasteiger partial charge is 0.145 e. The van der Waals surface area contributed by atoms with Crippen LogP contribution in [0, 0.1) is 6.92 Å². The molecule has 0 fully saturated rings. The highest BCUT2D eigenvalue weighted by Gasteiger charge is 2.08. The van der Waals surface area contributed by atoms with Crippen molar-refractivity contribution in [2.24, 2.45) is 0 Å². The van der Waals surface area contributed by atoms with Crippen LogP contribution in [0.1, 0.15) is 18.5 Å². The number of ether oxygens (including phenoxy) is 1. The van der Waals surface area contributed by atoms with Crippen LogP contribution in [0.2, 0.25) is 0 Å². The van der Waals surface area contributed by atoms with Crippen molar-refractivity contribution in [2.75, 3.05) is 39.6 Å². The van der Waals surface area contributed by atoms with Gasteiger partial charge in [0.1, 0.15) is 11.3 Å². The van der Waals surface area contributed by atoms with E-state index in [2.05, 4.69) is 41.4 Å². The Morgan fingerprint density at radius 2 is 2.05 bits per heavy atom. The minimum Gasteiger partial charge on any atom is -0.494 e. The zero-order valence-corrected chi connectivity index (χ0v) is 13.4. The number of fused-ring (bicyclic) bond motifs is 1. The summed E-state index contributed by atoms with van der Waals surface area (Å²) in [5, 5.41) is 4.66. The first-order chi connectivity index (χ1) is 10.1. The predicted octanol–water partition coefficient (Wildman–Crippen LogP) is 3.31. The van der Waals surface area contributed by atoms with Gasteiger partial charge in [0, 0.05) is 23.3 Å². The Balaban J connectivity index is 2.12. The standard InChI is InChI=1S/C17H25N3O/c1-13-12-15(18-10-5-6-11-20(2)3)14-8-7-9-16(21-4)17(14)19-13/h7-9,12H,5-6,10-11H2,1-4H3,(H,18,19). The monoisotopic (exact) mass is 287 g/mol. The van der Waals surface area contributed by atoms with Crippen molar-refractivity contribution < 1.29 is 4.74 Å². The van der Waals surface area contributed by atoms with Gasteiger partial charge in [-0.1, -0.05) is 12.1 Å². The van der Waals surface area contributed by atoms with E-state index in [1.807, 2.05) is 19.1 Å². The molecular weight excluding hydrogens is 262 g/mol. The van der Waals surface area contributed by atoms with E-state index in [0.717, 1.165) is 47.5 Å². The van der Waals surface area contributed by atoms with E-state index in [4.69, 9.17) is 4.74 Å². The van der Waals surface area contributed by atoms with Crippen LogP contribution < -0.4 is 10.1 Å². The second-order valence-corrected chi connectivity index (χ2v) is 5.60. The van der Waals surface area contributed by atoms with E-state index >= 15 is 0 Å². The Hall–Kier alpha value is -1.81. The molecule has 0 bridgehead atoms. The zero-order chi connectivity index (χ0) is 15.2. The molecule has 4 nitrogen and oxygen atoms in total. The van der Waals surface area contributed by atoms with Gasteiger partial charge in [0.15, 0.2) is 0 Å². The lowest BCUT2D eigenvalue weighted by molar-refractivity contribution is 0.396. The Morgan fingerprint density at radius 3 is 2.76 bits per heavy atom. The molecule has 0 aliphatic rings. The van der Waals surface area contributed by atoms with Gasteiger partial charge in [-0.3, -0.25) is 0 Å². The van der Waals surface area contributed by atoms with Crippen LogP contribution in [0.5, 0.6) is 5.75 Å². The molecule has 1 heterocycles. The summed E-state index contributed by atoms with van der Waals surface area (Å²) < 4.78 is 5.41. The third-order valence-electron chi connectivity index (χ3n) is 3.50. The quantitative estimate of drug-likeness (QED) is 0.793. The van der Waals surface area contributed by atoms with Crippen molar-refractivity contribution in [3.8, 4) is 5.75 Å². The molecule has 0 atom stereocenters. The molecule has 0 spiro atoms. The maximum atomic E-state index is 5.41. The average molecular weight is 287 g/mol. The lowest BCUT2D eigenvalue weighted by atomic mass is 10.1. The van der Waals surface area contributed by atoms with Crippen molar-refractivity contribution in [3.05, 3.63) is 30.0 Å². The lowest BCUT2D eigenvalue weighted by Gasteiger charge is -2.13. The van der Waals surface area contributed by atoms with Gasteiger partial charge in [-0.05, 0) is 52.5 Å². The summed E-state index contributed by atoms with van der Waals surface area (Å²) in [4.78, 5) is 6.82. The molecule has 0 aliphatic heterocycles. The highest BCUT2D eigenvalue weighted by atomic mass is 16.5. The molecule has 1 aromatic heterocycles. The van der Waals surface area contributed by atoms with Gasteiger partial charge in [0.25, 0.3) is 0 Å². The van der Waals surface area contributed by atoms with Crippen molar-refractivity contribution in [1.29, 1.82) is 0 Å². The second kappa shape index (κ2) is 7.27. The summed E-state index contributed by atoms with van der Waals surface area (Å²) in [6.45, 7) is 4.12. The fraction of sp³-hybridized carbons (Fsp3) is 0.471. The van der Waals surface area contributed by atoms with Crippen LogP contribution in [-0.2, 0) is 0 Å². The minimum atomic E-state index is 0.826. The number of hydrogen-bond acceptors (Lipinski definition) is 4. The Labute approximate surface area is 127 Å². The maximum Gasteiger partial charge on any atom is 0.145 e. The molecule has 0 saturated heterocycles. The van der Waals surface area contributed by atoms with Crippen LogP contribution in [0.4, 0.5) is 5.69 Å². The first-order valence-electron chi connectivity index (χ1n) is 7.45. The zero-order valence-electron chi connectivity index (χ0n) is 13.4. The molecule has 2 rings (SSSR count). The van der Waals surface area contributed by atoms with Gasteiger partial charge < -0.3 is 15.0 Å². The van der Waals surface area contributed by atoms with Crippen molar-refractivity contribution >= 4 is 16.6 Å². The summed E-state index contributed by atoms with van der Waals surface area (Å²) in [6, 6.07) is 8.16. The number of hydrogen-bond donors (Lipinski definition) is 1. The molecule has 0 radical (unpaired) electrons. The van der Waals surface area contributed by atoms with Crippen LogP contribution in [0.15, 0.2) is 24.3 Å². The molecule has 114 valence electrons. The summed E-state index contributed by atoms with van der Waals surface area (Å²) in [6.07, 6.45) is 2.36. The predicted molar refractivity (Wildman–Crippen MR) is 89.3 cm³/mol. The van der Waals surface area contributed by atoms with E-state index in [0.29, 0.717) is 0 Å². The molecule has 2 aromatic rings. The van der Waals surface area contributed by atoms with Crippen LogP contribution >= 0.6 is 0 Å². The van der Waals surface area contributed by atoms with Gasteiger partial charge in [-0.2, -0.15) is 0 Å². The van der Waals surface area contributed by atoms with Crippen LogP contribution in [-0.4, -0.2) is 44.2 Å². The third kappa shape index (κ3) is 4.08. The molecular formula is C17H25N3O. The number of aromatic nitrogens is 1. The molecule has 4 heteroatoms. The Kier molecular flexibility index (Phi) is 5.39. The highest BCUT2D eigenvalue weighted by molar-refractivity contribution is 5.95. The third-order valence-corrected chi connectivity index (χ3v) is 3.50. The minimum absolute atomic E-state index is 0.826. The highest BCUT2D eigenvalue weighted by Crippen LogP contribution is 2.29. The number of rotatable bonds is 7. The van der Waals surface area contributed by atoms with E-state index in [1.165, 1.54) is 6.42 Å². The number of nitrogens with zero attached hydrogens (tertiary/aromatic N) is 2. The summed E-state index contributed by atoms with van der Waals surface area (Å²) in [5.74, 6) is 0.826. The largest absolute Gasteiger partial charge is 0.494 e. The van der Waals surface area contributed by atoms with E-state index < -0.39 is 0 Å². The topological polar surface area (TPSA) is 37.4 Å². The van der Waals surface area contributed by atoms with Gasteiger partial charge >= 0.3 is 0 Å². The summed E-state index contributed by atoms with van der Waals surface area (Å²) in [7, 11) is 5.91. The molecule has 0 unspecified atom stereocenters.